The number of rotatable bonds is 7. The van der Waals surface area contributed by atoms with Gasteiger partial charge in [-0.2, -0.15) is 8.78 Å². The van der Waals surface area contributed by atoms with Gasteiger partial charge in [0.1, 0.15) is 5.75 Å². The molecular formula is C15H20F2N2O2. The number of carbonyl (C=O) groups is 1. The second-order valence-electron chi connectivity index (χ2n) is 5.25. The number of nitrogens with zero attached hydrogens (tertiary/aromatic N) is 1. The first-order valence-corrected chi connectivity index (χ1v) is 7.09. The number of amides is 1. The monoisotopic (exact) mass is 298 g/mol. The fourth-order valence-corrected chi connectivity index (χ4v) is 2.37. The Morgan fingerprint density at radius 3 is 2.62 bits per heavy atom. The van der Waals surface area contributed by atoms with Gasteiger partial charge in [0, 0.05) is 32.1 Å². The molecule has 1 saturated heterocycles. The van der Waals surface area contributed by atoms with Gasteiger partial charge in [-0.3, -0.25) is 4.79 Å². The van der Waals surface area contributed by atoms with Crippen LogP contribution in [0.3, 0.4) is 0 Å². The van der Waals surface area contributed by atoms with E-state index in [2.05, 4.69) is 10.1 Å². The van der Waals surface area contributed by atoms with Gasteiger partial charge in [-0.25, -0.2) is 0 Å². The lowest BCUT2D eigenvalue weighted by Crippen LogP contribution is -2.39. The summed E-state index contributed by atoms with van der Waals surface area (Å²) in [5.41, 5.74) is 0.983. The molecular weight excluding hydrogens is 278 g/mol. The van der Waals surface area contributed by atoms with E-state index in [-0.39, 0.29) is 17.7 Å². The van der Waals surface area contributed by atoms with E-state index in [1.54, 1.807) is 12.1 Å². The van der Waals surface area contributed by atoms with Crippen molar-refractivity contribution in [1.29, 1.82) is 0 Å². The number of hydrogen-bond acceptors (Lipinski definition) is 3. The van der Waals surface area contributed by atoms with Crippen LogP contribution in [0.4, 0.5) is 8.78 Å². The Labute approximate surface area is 123 Å². The number of alkyl halides is 2. The van der Waals surface area contributed by atoms with Crippen molar-refractivity contribution in [1.82, 2.24) is 10.2 Å². The Morgan fingerprint density at radius 2 is 2.05 bits per heavy atom. The molecule has 1 fully saturated rings. The van der Waals surface area contributed by atoms with Gasteiger partial charge in [0.15, 0.2) is 0 Å². The highest BCUT2D eigenvalue weighted by molar-refractivity contribution is 5.78. The molecule has 0 saturated carbocycles. The second kappa shape index (κ2) is 7.36. The number of benzene rings is 1. The van der Waals surface area contributed by atoms with E-state index in [4.69, 9.17) is 0 Å². The molecule has 1 aliphatic rings. The highest BCUT2D eigenvalue weighted by atomic mass is 19.3. The summed E-state index contributed by atoms with van der Waals surface area (Å²) in [5, 5.41) is 3.32. The molecule has 116 valence electrons. The highest BCUT2D eigenvalue weighted by Gasteiger charge is 2.21. The van der Waals surface area contributed by atoms with Crippen molar-refractivity contribution in [3.05, 3.63) is 29.8 Å². The number of likely N-dealkylation sites (tertiary alicyclic amines) is 1. The summed E-state index contributed by atoms with van der Waals surface area (Å²) in [6, 6.07) is 6.73. The van der Waals surface area contributed by atoms with Crippen LogP contribution < -0.4 is 10.1 Å². The van der Waals surface area contributed by atoms with Crippen molar-refractivity contribution < 1.29 is 18.3 Å². The van der Waals surface area contributed by atoms with E-state index < -0.39 is 6.61 Å². The van der Waals surface area contributed by atoms with Gasteiger partial charge in [-0.1, -0.05) is 12.1 Å². The first kappa shape index (κ1) is 15.7. The third-order valence-corrected chi connectivity index (χ3v) is 3.47. The van der Waals surface area contributed by atoms with E-state index >= 15 is 0 Å². The van der Waals surface area contributed by atoms with Crippen LogP contribution in [0.1, 0.15) is 25.3 Å². The summed E-state index contributed by atoms with van der Waals surface area (Å²) in [7, 11) is 0. The number of carbonyl (C=O) groups excluding carboxylic acids is 1. The van der Waals surface area contributed by atoms with Gasteiger partial charge in [-0.05, 0) is 31.0 Å². The fourth-order valence-electron chi connectivity index (χ4n) is 2.37. The molecule has 1 N–H and O–H groups in total. The largest absolute Gasteiger partial charge is 0.435 e. The molecule has 0 aromatic heterocycles. The van der Waals surface area contributed by atoms with Crippen LogP contribution in [0.5, 0.6) is 5.75 Å². The summed E-state index contributed by atoms with van der Waals surface area (Å²) in [5.74, 6) is 0.376. The minimum absolute atomic E-state index is 0.157. The van der Waals surface area contributed by atoms with E-state index in [0.717, 1.165) is 18.5 Å². The van der Waals surface area contributed by atoms with E-state index in [1.165, 1.54) is 12.1 Å². The van der Waals surface area contributed by atoms with Gasteiger partial charge in [0.2, 0.25) is 5.91 Å². The maximum atomic E-state index is 12.0. The third kappa shape index (κ3) is 4.97. The van der Waals surface area contributed by atoms with Crippen molar-refractivity contribution in [2.24, 2.45) is 0 Å². The van der Waals surface area contributed by atoms with Gasteiger partial charge in [0.25, 0.3) is 0 Å². The fraction of sp³-hybridized carbons (Fsp3) is 0.533. The standard InChI is InChI=1S/C15H20F2N2O2/c1-11(10-19-8-2-3-14(19)20)18-9-12-4-6-13(7-5-12)21-15(16)17/h4-7,11,15,18H,2-3,8-10H2,1H3. The van der Waals surface area contributed by atoms with Crippen LogP contribution in [-0.2, 0) is 11.3 Å². The molecule has 6 heteroatoms. The first-order chi connectivity index (χ1) is 10.0. The normalized spacial score (nSPS) is 16.6. The zero-order valence-corrected chi connectivity index (χ0v) is 12.0. The maximum Gasteiger partial charge on any atom is 0.387 e. The Kier molecular flexibility index (Phi) is 5.50. The molecule has 0 aliphatic carbocycles. The summed E-state index contributed by atoms with van der Waals surface area (Å²) in [6.07, 6.45) is 1.59. The summed E-state index contributed by atoms with van der Waals surface area (Å²) >= 11 is 0. The Balaban J connectivity index is 1.75. The molecule has 1 atom stereocenters. The number of nitrogens with one attached hydrogen (secondary N) is 1. The maximum absolute atomic E-state index is 12.0. The molecule has 1 aromatic rings. The van der Waals surface area contributed by atoms with Crippen molar-refractivity contribution in [2.45, 2.75) is 39.0 Å². The molecule has 1 amide bonds. The van der Waals surface area contributed by atoms with Crippen LogP contribution in [0, 0.1) is 0 Å². The third-order valence-electron chi connectivity index (χ3n) is 3.47. The number of halogens is 2. The lowest BCUT2D eigenvalue weighted by molar-refractivity contribution is -0.127. The molecule has 0 radical (unpaired) electrons. The molecule has 1 aromatic carbocycles. The SMILES string of the molecule is CC(CN1CCCC1=O)NCc1ccc(OC(F)F)cc1. The topological polar surface area (TPSA) is 41.6 Å². The van der Waals surface area contributed by atoms with Gasteiger partial charge in [0.05, 0.1) is 0 Å². The zero-order valence-electron chi connectivity index (χ0n) is 12.0. The predicted octanol–water partition coefficient (Wildman–Crippen LogP) is 2.39. The lowest BCUT2D eigenvalue weighted by Gasteiger charge is -2.21. The summed E-state index contributed by atoms with van der Waals surface area (Å²) < 4.78 is 28.4. The second-order valence-corrected chi connectivity index (χ2v) is 5.25. The molecule has 0 bridgehead atoms. The van der Waals surface area contributed by atoms with Crippen LogP contribution in [0.2, 0.25) is 0 Å². The number of ether oxygens (including phenoxy) is 1. The molecule has 1 heterocycles. The van der Waals surface area contributed by atoms with Gasteiger partial charge in [-0.15, -0.1) is 0 Å². The Bertz CT molecular complexity index is 465. The van der Waals surface area contributed by atoms with Crippen molar-refractivity contribution in [2.75, 3.05) is 13.1 Å². The minimum atomic E-state index is -2.80. The minimum Gasteiger partial charge on any atom is -0.435 e. The van der Waals surface area contributed by atoms with Gasteiger partial charge >= 0.3 is 6.61 Å². The van der Waals surface area contributed by atoms with E-state index in [1.807, 2.05) is 11.8 Å². The van der Waals surface area contributed by atoms with Crippen LogP contribution in [0.25, 0.3) is 0 Å². The summed E-state index contributed by atoms with van der Waals surface area (Å²) in [6.45, 7) is 1.39. The smallest absolute Gasteiger partial charge is 0.387 e. The Hall–Kier alpha value is -1.69. The first-order valence-electron chi connectivity index (χ1n) is 7.09. The molecule has 1 unspecified atom stereocenters. The van der Waals surface area contributed by atoms with Gasteiger partial charge < -0.3 is 15.0 Å². The summed E-state index contributed by atoms with van der Waals surface area (Å²) in [4.78, 5) is 13.4. The molecule has 1 aliphatic heterocycles. The quantitative estimate of drug-likeness (QED) is 0.840. The molecule has 0 spiro atoms. The van der Waals surface area contributed by atoms with Crippen molar-refractivity contribution in [3.8, 4) is 5.75 Å². The number of hydrogen-bond donors (Lipinski definition) is 1. The highest BCUT2D eigenvalue weighted by Crippen LogP contribution is 2.15. The van der Waals surface area contributed by atoms with Crippen LogP contribution in [0.15, 0.2) is 24.3 Å². The van der Waals surface area contributed by atoms with E-state index in [0.29, 0.717) is 19.5 Å². The molecule has 21 heavy (non-hydrogen) atoms. The van der Waals surface area contributed by atoms with Crippen molar-refractivity contribution in [3.63, 3.8) is 0 Å². The zero-order chi connectivity index (χ0) is 15.2. The predicted molar refractivity (Wildman–Crippen MR) is 75.2 cm³/mol. The van der Waals surface area contributed by atoms with Crippen LogP contribution >= 0.6 is 0 Å². The van der Waals surface area contributed by atoms with E-state index in [9.17, 15) is 13.6 Å². The molecule has 4 nitrogen and oxygen atoms in total. The average Bonchev–Trinajstić information content (AvgIpc) is 2.83. The van der Waals surface area contributed by atoms with Crippen molar-refractivity contribution >= 4 is 5.91 Å². The Morgan fingerprint density at radius 1 is 1.33 bits per heavy atom. The average molecular weight is 298 g/mol. The molecule has 2 rings (SSSR count). The van der Waals surface area contributed by atoms with Crippen LogP contribution in [-0.4, -0.2) is 36.5 Å². The lowest BCUT2D eigenvalue weighted by atomic mass is 10.2.